The number of nitrogens with zero attached hydrogens (tertiary/aromatic N) is 3. The fraction of sp³-hybridized carbons (Fsp3) is 0.406. The Morgan fingerprint density at radius 2 is 1.86 bits per heavy atom. The Labute approximate surface area is 244 Å². The summed E-state index contributed by atoms with van der Waals surface area (Å²) in [6, 6.07) is 15.2. The summed E-state index contributed by atoms with van der Waals surface area (Å²) in [6.07, 6.45) is 9.45. The fourth-order valence-electron chi connectivity index (χ4n) is 6.06. The van der Waals surface area contributed by atoms with Gasteiger partial charge in [0.05, 0.1) is 12.1 Å². The minimum Gasteiger partial charge on any atom is -0.437 e. The predicted octanol–water partition coefficient (Wildman–Crippen LogP) is 3.71. The summed E-state index contributed by atoms with van der Waals surface area (Å²) in [5.74, 6) is 2.27. The van der Waals surface area contributed by atoms with Gasteiger partial charge < -0.3 is 25.2 Å². The Balaban J connectivity index is 1.25. The van der Waals surface area contributed by atoms with E-state index in [0.29, 0.717) is 32.4 Å². The number of terminal acetylenes is 1. The van der Waals surface area contributed by atoms with Crippen molar-refractivity contribution >= 4 is 11.6 Å². The number of nitrogen functional groups attached to an aromatic ring is 1. The Morgan fingerprint density at radius 1 is 1.17 bits per heavy atom. The van der Waals surface area contributed by atoms with E-state index in [2.05, 4.69) is 10.9 Å². The molecule has 3 atom stereocenters. The molecule has 1 saturated heterocycles. The lowest BCUT2D eigenvalue weighted by Gasteiger charge is -2.44. The number of aliphatic hydroxyl groups is 1. The van der Waals surface area contributed by atoms with Gasteiger partial charge in [-0.15, -0.1) is 6.42 Å². The highest BCUT2D eigenvalue weighted by Gasteiger charge is 2.45. The van der Waals surface area contributed by atoms with Crippen LogP contribution in [0.2, 0.25) is 0 Å². The predicted molar refractivity (Wildman–Crippen MR) is 155 cm³/mol. The minimum atomic E-state index is -1.23. The molecule has 5 rings (SSSR count). The SMILES string of the molecule is C#C[C@@]1(OC)CC[C@@H](C(=O)N2CCC(O)(Cn3cnc(Oc4ccc(F)cc4)c(N)c3=O)CC2)[C@H](c2ccccc2)C1. The van der Waals surface area contributed by atoms with E-state index in [4.69, 9.17) is 21.6 Å². The Kier molecular flexibility index (Phi) is 8.34. The van der Waals surface area contributed by atoms with Crippen LogP contribution >= 0.6 is 0 Å². The normalized spacial score (nSPS) is 23.6. The number of carbonyl (C=O) groups is 1. The van der Waals surface area contributed by atoms with Gasteiger partial charge in [0.25, 0.3) is 5.56 Å². The first-order valence-electron chi connectivity index (χ1n) is 14.0. The van der Waals surface area contributed by atoms with Crippen LogP contribution in [0.3, 0.4) is 0 Å². The summed E-state index contributed by atoms with van der Waals surface area (Å²) >= 11 is 0. The van der Waals surface area contributed by atoms with E-state index in [1.807, 2.05) is 30.3 Å². The van der Waals surface area contributed by atoms with Crippen molar-refractivity contribution in [3.63, 3.8) is 0 Å². The molecular weight excluding hydrogens is 539 g/mol. The van der Waals surface area contributed by atoms with Crippen LogP contribution in [0.4, 0.5) is 10.1 Å². The van der Waals surface area contributed by atoms with Gasteiger partial charge in [0.1, 0.15) is 23.5 Å². The molecular formula is C32H35FN4O5. The van der Waals surface area contributed by atoms with Crippen LogP contribution in [-0.2, 0) is 16.1 Å². The number of aromatic nitrogens is 2. The highest BCUT2D eigenvalue weighted by Crippen LogP contribution is 2.45. The number of rotatable bonds is 7. The third kappa shape index (κ3) is 6.03. The van der Waals surface area contributed by atoms with Crippen LogP contribution in [-0.4, -0.2) is 56.9 Å². The van der Waals surface area contributed by atoms with E-state index in [1.54, 1.807) is 12.0 Å². The van der Waals surface area contributed by atoms with Crippen LogP contribution < -0.4 is 16.0 Å². The van der Waals surface area contributed by atoms with Gasteiger partial charge in [0.2, 0.25) is 11.8 Å². The van der Waals surface area contributed by atoms with Gasteiger partial charge in [-0.05, 0) is 67.9 Å². The summed E-state index contributed by atoms with van der Waals surface area (Å²) in [6.45, 7) is 0.666. The zero-order chi connectivity index (χ0) is 29.9. The molecule has 0 bridgehead atoms. The van der Waals surface area contributed by atoms with Crippen molar-refractivity contribution < 1.29 is 23.8 Å². The Bertz CT molecular complexity index is 1510. The second-order valence-electron chi connectivity index (χ2n) is 11.2. The number of halogens is 1. The summed E-state index contributed by atoms with van der Waals surface area (Å²) in [5, 5.41) is 11.4. The Morgan fingerprint density at radius 3 is 2.50 bits per heavy atom. The number of benzene rings is 2. The van der Waals surface area contributed by atoms with Crippen LogP contribution in [0, 0.1) is 24.1 Å². The maximum Gasteiger partial charge on any atom is 0.280 e. The van der Waals surface area contributed by atoms with E-state index >= 15 is 0 Å². The molecule has 220 valence electrons. The first-order valence-corrected chi connectivity index (χ1v) is 14.0. The molecule has 1 amide bonds. The third-order valence-corrected chi connectivity index (χ3v) is 8.63. The quantitative estimate of drug-likeness (QED) is 0.413. The molecule has 0 spiro atoms. The van der Waals surface area contributed by atoms with Crippen molar-refractivity contribution in [3.8, 4) is 24.0 Å². The van der Waals surface area contributed by atoms with Crippen molar-refractivity contribution in [1.82, 2.24) is 14.5 Å². The fourth-order valence-corrected chi connectivity index (χ4v) is 6.06. The van der Waals surface area contributed by atoms with Gasteiger partial charge in [-0.2, -0.15) is 0 Å². The van der Waals surface area contributed by atoms with Crippen molar-refractivity contribution in [2.45, 2.75) is 55.8 Å². The molecule has 9 nitrogen and oxygen atoms in total. The zero-order valence-electron chi connectivity index (χ0n) is 23.5. The highest BCUT2D eigenvalue weighted by atomic mass is 19.1. The molecule has 3 N–H and O–H groups in total. The molecule has 2 heterocycles. The van der Waals surface area contributed by atoms with E-state index < -0.39 is 22.6 Å². The summed E-state index contributed by atoms with van der Waals surface area (Å²) in [5.41, 5.74) is 4.34. The first-order chi connectivity index (χ1) is 20.2. The number of anilines is 1. The molecule has 1 saturated carbocycles. The summed E-state index contributed by atoms with van der Waals surface area (Å²) < 4.78 is 25.7. The standard InChI is InChI=1S/C32H35FN4O5/c1-3-32(41-2)14-13-25(26(19-32)22-7-5-4-6-8-22)29(38)36-17-15-31(40,16-18-36)20-37-21-35-28(27(34)30(37)39)42-24-11-9-23(33)10-12-24/h1,4-12,21,25-26,40H,13-20,34H2,2H3/t25-,26+,32-/m1/s1. The van der Waals surface area contributed by atoms with E-state index in [9.17, 15) is 19.1 Å². The van der Waals surface area contributed by atoms with Crippen molar-refractivity contribution in [2.24, 2.45) is 5.92 Å². The molecule has 42 heavy (non-hydrogen) atoms. The number of likely N-dealkylation sites (tertiary alicyclic amines) is 1. The maximum atomic E-state index is 13.8. The summed E-state index contributed by atoms with van der Waals surface area (Å²) in [4.78, 5) is 32.7. The lowest BCUT2D eigenvalue weighted by molar-refractivity contribution is -0.143. The van der Waals surface area contributed by atoms with Crippen LogP contribution in [0.1, 0.15) is 43.6 Å². The molecule has 2 aromatic carbocycles. The molecule has 2 aliphatic rings. The van der Waals surface area contributed by atoms with Crippen molar-refractivity contribution in [3.05, 3.63) is 82.7 Å². The number of amides is 1. The highest BCUT2D eigenvalue weighted by molar-refractivity contribution is 5.80. The van der Waals surface area contributed by atoms with Gasteiger partial charge in [-0.25, -0.2) is 9.37 Å². The number of piperidine rings is 1. The molecule has 2 fully saturated rings. The number of methoxy groups -OCH3 is 1. The topological polar surface area (TPSA) is 120 Å². The first kappa shape index (κ1) is 29.3. The van der Waals surface area contributed by atoms with Gasteiger partial charge >= 0.3 is 0 Å². The molecule has 1 aliphatic heterocycles. The van der Waals surface area contributed by atoms with Crippen LogP contribution in [0.15, 0.2) is 65.7 Å². The van der Waals surface area contributed by atoms with Gasteiger partial charge in [0.15, 0.2) is 5.69 Å². The van der Waals surface area contributed by atoms with Crippen LogP contribution in [0.25, 0.3) is 0 Å². The average molecular weight is 575 g/mol. The third-order valence-electron chi connectivity index (χ3n) is 8.63. The van der Waals surface area contributed by atoms with E-state index in [1.165, 1.54) is 35.2 Å². The average Bonchev–Trinajstić information content (AvgIpc) is 3.02. The van der Waals surface area contributed by atoms with Crippen molar-refractivity contribution in [1.29, 1.82) is 0 Å². The molecule has 0 unspecified atom stereocenters. The number of hydrogen-bond donors (Lipinski definition) is 2. The zero-order valence-corrected chi connectivity index (χ0v) is 23.5. The minimum absolute atomic E-state index is 0.0313. The molecule has 1 aliphatic carbocycles. The molecule has 1 aromatic heterocycles. The molecule has 10 heteroatoms. The number of carbonyl (C=O) groups excluding carboxylic acids is 1. The van der Waals surface area contributed by atoms with Gasteiger partial charge in [-0.1, -0.05) is 36.3 Å². The smallest absolute Gasteiger partial charge is 0.280 e. The lowest BCUT2D eigenvalue weighted by Crippen LogP contribution is -2.52. The number of hydrogen-bond acceptors (Lipinski definition) is 7. The number of nitrogens with two attached hydrogens (primary N) is 1. The monoisotopic (exact) mass is 574 g/mol. The molecule has 3 aromatic rings. The van der Waals surface area contributed by atoms with E-state index in [0.717, 1.165) is 5.56 Å². The second kappa shape index (κ2) is 12.0. The van der Waals surface area contributed by atoms with Crippen molar-refractivity contribution in [2.75, 3.05) is 25.9 Å². The van der Waals surface area contributed by atoms with Gasteiger partial charge in [-0.3, -0.25) is 14.2 Å². The second-order valence-corrected chi connectivity index (χ2v) is 11.2. The largest absolute Gasteiger partial charge is 0.437 e. The number of ether oxygens (including phenoxy) is 2. The van der Waals surface area contributed by atoms with E-state index in [-0.39, 0.29) is 54.4 Å². The van der Waals surface area contributed by atoms with Gasteiger partial charge in [0, 0.05) is 26.1 Å². The van der Waals surface area contributed by atoms with Crippen LogP contribution in [0.5, 0.6) is 11.6 Å². The Hall–Kier alpha value is -4.20. The lowest BCUT2D eigenvalue weighted by atomic mass is 9.68. The maximum absolute atomic E-state index is 13.8. The molecule has 0 radical (unpaired) electrons. The summed E-state index contributed by atoms with van der Waals surface area (Å²) in [7, 11) is 1.62.